The molecular formula is C18H34N4. The standard InChI is InChI=1S/C18H34N4/c1-5-6-11-22-14-17(20-21-22)13-19-16-9-7-15(8-10-16)12-18(2,3)4/h14-16,19H,5-13H2,1-4H3. The molecule has 0 aliphatic heterocycles. The highest BCUT2D eigenvalue weighted by atomic mass is 15.4. The number of rotatable bonds is 7. The molecule has 1 aliphatic rings. The number of aromatic nitrogens is 3. The summed E-state index contributed by atoms with van der Waals surface area (Å²) in [6.07, 6.45) is 11.2. The summed E-state index contributed by atoms with van der Waals surface area (Å²) in [4.78, 5) is 0. The molecule has 0 aromatic carbocycles. The van der Waals surface area contributed by atoms with Crippen LogP contribution in [-0.2, 0) is 13.1 Å². The Morgan fingerprint density at radius 3 is 2.59 bits per heavy atom. The van der Waals surface area contributed by atoms with Gasteiger partial charge in [0.25, 0.3) is 0 Å². The van der Waals surface area contributed by atoms with Gasteiger partial charge in [0.2, 0.25) is 0 Å². The molecule has 0 atom stereocenters. The van der Waals surface area contributed by atoms with Gasteiger partial charge in [0.15, 0.2) is 0 Å². The molecule has 126 valence electrons. The normalized spacial score (nSPS) is 22.9. The quantitative estimate of drug-likeness (QED) is 0.822. The summed E-state index contributed by atoms with van der Waals surface area (Å²) in [5, 5.41) is 12.1. The SMILES string of the molecule is CCCCn1cc(CNC2CCC(CC(C)(C)C)CC2)nn1. The molecule has 4 nitrogen and oxygen atoms in total. The minimum Gasteiger partial charge on any atom is -0.308 e. The third kappa shape index (κ3) is 6.07. The minimum absolute atomic E-state index is 0.474. The van der Waals surface area contributed by atoms with Crippen LogP contribution in [0.4, 0.5) is 0 Å². The van der Waals surface area contributed by atoms with Crippen LogP contribution in [0.25, 0.3) is 0 Å². The summed E-state index contributed by atoms with van der Waals surface area (Å²) in [7, 11) is 0. The van der Waals surface area contributed by atoms with Crippen molar-refractivity contribution in [1.82, 2.24) is 20.3 Å². The van der Waals surface area contributed by atoms with E-state index < -0.39 is 0 Å². The first-order valence-electron chi connectivity index (χ1n) is 9.08. The lowest BCUT2D eigenvalue weighted by molar-refractivity contribution is 0.215. The number of aryl methyl sites for hydroxylation is 1. The van der Waals surface area contributed by atoms with Crippen LogP contribution in [0.5, 0.6) is 0 Å². The Hall–Kier alpha value is -0.900. The number of nitrogens with zero attached hydrogens (tertiary/aromatic N) is 3. The van der Waals surface area contributed by atoms with Crippen molar-refractivity contribution in [3.63, 3.8) is 0 Å². The molecule has 1 N–H and O–H groups in total. The Balaban J connectivity index is 1.67. The molecule has 0 spiro atoms. The smallest absolute Gasteiger partial charge is 0.0964 e. The zero-order valence-electron chi connectivity index (χ0n) is 14.9. The summed E-state index contributed by atoms with van der Waals surface area (Å²) in [6, 6.07) is 0.664. The molecule has 0 unspecified atom stereocenters. The molecule has 1 fully saturated rings. The maximum atomic E-state index is 4.27. The van der Waals surface area contributed by atoms with Gasteiger partial charge in [0.1, 0.15) is 0 Å². The average molecular weight is 306 g/mol. The van der Waals surface area contributed by atoms with Gasteiger partial charge in [-0.1, -0.05) is 39.3 Å². The van der Waals surface area contributed by atoms with Crippen molar-refractivity contribution in [3.05, 3.63) is 11.9 Å². The lowest BCUT2D eigenvalue weighted by Crippen LogP contribution is -2.33. The van der Waals surface area contributed by atoms with Crippen molar-refractivity contribution in [2.24, 2.45) is 11.3 Å². The van der Waals surface area contributed by atoms with Crippen LogP contribution in [0.3, 0.4) is 0 Å². The molecule has 0 radical (unpaired) electrons. The lowest BCUT2D eigenvalue weighted by atomic mass is 9.76. The van der Waals surface area contributed by atoms with Gasteiger partial charge in [-0.3, -0.25) is 4.68 Å². The van der Waals surface area contributed by atoms with E-state index in [-0.39, 0.29) is 0 Å². The van der Waals surface area contributed by atoms with Gasteiger partial charge in [-0.25, -0.2) is 0 Å². The van der Waals surface area contributed by atoms with Gasteiger partial charge >= 0.3 is 0 Å². The second-order valence-electron chi connectivity index (χ2n) is 8.19. The van der Waals surface area contributed by atoms with Crippen LogP contribution in [-0.4, -0.2) is 21.0 Å². The van der Waals surface area contributed by atoms with Gasteiger partial charge < -0.3 is 5.32 Å². The van der Waals surface area contributed by atoms with Crippen molar-refractivity contribution in [2.75, 3.05) is 0 Å². The summed E-state index contributed by atoms with van der Waals surface area (Å²) in [5.74, 6) is 0.924. The Bertz CT molecular complexity index is 425. The van der Waals surface area contributed by atoms with E-state index >= 15 is 0 Å². The first-order valence-corrected chi connectivity index (χ1v) is 9.08. The predicted octanol–water partition coefficient (Wildman–Crippen LogP) is 4.16. The molecule has 0 bridgehead atoms. The maximum absolute atomic E-state index is 4.27. The third-order valence-corrected chi connectivity index (χ3v) is 4.65. The Morgan fingerprint density at radius 2 is 1.95 bits per heavy atom. The van der Waals surface area contributed by atoms with Crippen LogP contribution in [0.1, 0.15) is 78.3 Å². The fourth-order valence-corrected chi connectivity index (χ4v) is 3.53. The van der Waals surface area contributed by atoms with Gasteiger partial charge in [0.05, 0.1) is 5.69 Å². The van der Waals surface area contributed by atoms with Crippen molar-refractivity contribution >= 4 is 0 Å². The Morgan fingerprint density at radius 1 is 1.23 bits per heavy atom. The first kappa shape index (κ1) is 17.5. The molecule has 1 heterocycles. The molecule has 0 saturated heterocycles. The largest absolute Gasteiger partial charge is 0.308 e. The molecule has 1 aromatic rings. The summed E-state index contributed by atoms with van der Waals surface area (Å²) < 4.78 is 1.97. The fourth-order valence-electron chi connectivity index (χ4n) is 3.53. The van der Waals surface area contributed by atoms with E-state index in [0.717, 1.165) is 24.7 Å². The van der Waals surface area contributed by atoms with E-state index in [1.807, 2.05) is 4.68 Å². The highest BCUT2D eigenvalue weighted by Crippen LogP contribution is 2.34. The molecule has 0 amide bonds. The van der Waals surface area contributed by atoms with E-state index in [9.17, 15) is 0 Å². The lowest BCUT2D eigenvalue weighted by Gasteiger charge is -2.33. The number of nitrogens with one attached hydrogen (secondary N) is 1. The maximum Gasteiger partial charge on any atom is 0.0964 e. The molecule has 1 aliphatic carbocycles. The predicted molar refractivity (Wildman–Crippen MR) is 91.6 cm³/mol. The average Bonchev–Trinajstić information content (AvgIpc) is 2.91. The molecule has 1 aromatic heterocycles. The molecular weight excluding hydrogens is 272 g/mol. The van der Waals surface area contributed by atoms with E-state index in [0.29, 0.717) is 11.5 Å². The van der Waals surface area contributed by atoms with Crippen LogP contribution in [0, 0.1) is 11.3 Å². The van der Waals surface area contributed by atoms with Crippen molar-refractivity contribution in [2.45, 2.75) is 91.8 Å². The number of unbranched alkanes of at least 4 members (excludes halogenated alkanes) is 1. The van der Waals surface area contributed by atoms with E-state index in [1.165, 1.54) is 44.9 Å². The molecule has 22 heavy (non-hydrogen) atoms. The highest BCUT2D eigenvalue weighted by molar-refractivity contribution is 4.92. The molecule has 4 heteroatoms. The van der Waals surface area contributed by atoms with Crippen molar-refractivity contribution in [1.29, 1.82) is 0 Å². The van der Waals surface area contributed by atoms with Crippen molar-refractivity contribution < 1.29 is 0 Å². The zero-order chi connectivity index (χ0) is 16.0. The van der Waals surface area contributed by atoms with Gasteiger partial charge in [-0.2, -0.15) is 0 Å². The monoisotopic (exact) mass is 306 g/mol. The number of hydrogen-bond acceptors (Lipinski definition) is 3. The van der Waals surface area contributed by atoms with Gasteiger partial charge in [-0.05, 0) is 49.9 Å². The summed E-state index contributed by atoms with van der Waals surface area (Å²) in [5.41, 5.74) is 1.55. The van der Waals surface area contributed by atoms with E-state index in [2.05, 4.69) is 49.5 Å². The molecule has 2 rings (SSSR count). The fraction of sp³-hybridized carbons (Fsp3) is 0.889. The minimum atomic E-state index is 0.474. The second-order valence-corrected chi connectivity index (χ2v) is 8.19. The van der Waals surface area contributed by atoms with Crippen molar-refractivity contribution in [3.8, 4) is 0 Å². The van der Waals surface area contributed by atoms with Crippen LogP contribution >= 0.6 is 0 Å². The second kappa shape index (κ2) is 8.09. The van der Waals surface area contributed by atoms with Gasteiger partial charge in [-0.15, -0.1) is 5.10 Å². The topological polar surface area (TPSA) is 42.7 Å². The number of hydrogen-bond donors (Lipinski definition) is 1. The highest BCUT2D eigenvalue weighted by Gasteiger charge is 2.24. The molecule has 1 saturated carbocycles. The zero-order valence-corrected chi connectivity index (χ0v) is 14.9. The van der Waals surface area contributed by atoms with Crippen LogP contribution < -0.4 is 5.32 Å². The Labute approximate surface area is 136 Å². The third-order valence-electron chi connectivity index (χ3n) is 4.65. The Kier molecular flexibility index (Phi) is 6.42. The first-order chi connectivity index (χ1) is 10.5. The summed E-state index contributed by atoms with van der Waals surface area (Å²) in [6.45, 7) is 11.1. The summed E-state index contributed by atoms with van der Waals surface area (Å²) >= 11 is 0. The van der Waals surface area contributed by atoms with Crippen LogP contribution in [0.2, 0.25) is 0 Å². The van der Waals surface area contributed by atoms with Gasteiger partial charge in [0, 0.05) is 25.3 Å². The van der Waals surface area contributed by atoms with E-state index in [4.69, 9.17) is 0 Å². The van der Waals surface area contributed by atoms with Crippen LogP contribution in [0.15, 0.2) is 6.20 Å². The van der Waals surface area contributed by atoms with E-state index in [1.54, 1.807) is 0 Å².